The Balaban J connectivity index is 1.37. The molecule has 5 heteroatoms. The van der Waals surface area contributed by atoms with Gasteiger partial charge in [-0.25, -0.2) is 0 Å². The summed E-state index contributed by atoms with van der Waals surface area (Å²) in [5, 5.41) is 0. The fourth-order valence-corrected chi connectivity index (χ4v) is 3.95. The van der Waals surface area contributed by atoms with Crippen molar-refractivity contribution >= 4 is 5.91 Å². The van der Waals surface area contributed by atoms with Gasteiger partial charge in [-0.15, -0.1) is 0 Å². The number of carbonyl (C=O) groups excluding carboxylic acids is 1. The first-order valence-corrected chi connectivity index (χ1v) is 9.76. The molecule has 0 radical (unpaired) electrons. The van der Waals surface area contributed by atoms with E-state index >= 15 is 0 Å². The zero-order valence-corrected chi connectivity index (χ0v) is 15.4. The Bertz CT molecular complexity index is 521. The molecule has 0 spiro atoms. The summed E-state index contributed by atoms with van der Waals surface area (Å²) in [6.07, 6.45) is 7.14. The fourth-order valence-electron chi connectivity index (χ4n) is 3.95. The Morgan fingerprint density at radius 3 is 2.56 bits per heavy atom. The third kappa shape index (κ3) is 5.51. The number of aromatic nitrogens is 1. The molecule has 0 N–H and O–H groups in total. The quantitative estimate of drug-likeness (QED) is 0.795. The number of amides is 1. The minimum absolute atomic E-state index is 0.345. The molecule has 25 heavy (non-hydrogen) atoms. The van der Waals surface area contributed by atoms with Crippen LogP contribution in [0.15, 0.2) is 24.4 Å². The topological polar surface area (TPSA) is 45.7 Å². The number of ether oxygens (including phenoxy) is 1. The lowest BCUT2D eigenvalue weighted by molar-refractivity contribution is -0.135. The van der Waals surface area contributed by atoms with Crippen LogP contribution in [0, 0.1) is 5.92 Å². The van der Waals surface area contributed by atoms with Gasteiger partial charge in [-0.3, -0.25) is 14.7 Å². The molecular weight excluding hydrogens is 314 g/mol. The Morgan fingerprint density at radius 2 is 1.92 bits per heavy atom. The van der Waals surface area contributed by atoms with E-state index in [0.717, 1.165) is 77.1 Å². The number of pyridine rings is 1. The highest BCUT2D eigenvalue weighted by molar-refractivity contribution is 5.76. The molecule has 0 aliphatic carbocycles. The molecule has 138 valence electrons. The number of hydrogen-bond acceptors (Lipinski definition) is 4. The molecule has 1 aromatic rings. The molecule has 0 aromatic carbocycles. The predicted molar refractivity (Wildman–Crippen MR) is 98.1 cm³/mol. The monoisotopic (exact) mass is 345 g/mol. The van der Waals surface area contributed by atoms with E-state index in [1.54, 1.807) is 0 Å². The second-order valence-corrected chi connectivity index (χ2v) is 7.28. The van der Waals surface area contributed by atoms with E-state index in [1.807, 2.05) is 25.3 Å². The number of carbonyl (C=O) groups is 1. The minimum Gasteiger partial charge on any atom is -0.378 e. The van der Waals surface area contributed by atoms with Crippen molar-refractivity contribution in [3.63, 3.8) is 0 Å². The fraction of sp³-hybridized carbons (Fsp3) is 0.700. The summed E-state index contributed by atoms with van der Waals surface area (Å²) in [6, 6.07) is 6.09. The van der Waals surface area contributed by atoms with Gasteiger partial charge in [0, 0.05) is 38.9 Å². The molecule has 0 atom stereocenters. The van der Waals surface area contributed by atoms with Crippen LogP contribution in [-0.4, -0.2) is 59.6 Å². The van der Waals surface area contributed by atoms with Gasteiger partial charge >= 0.3 is 0 Å². The molecule has 1 amide bonds. The van der Waals surface area contributed by atoms with E-state index in [2.05, 4.69) is 20.9 Å². The summed E-state index contributed by atoms with van der Waals surface area (Å²) in [6.45, 7) is 7.60. The van der Waals surface area contributed by atoms with Gasteiger partial charge in [-0.1, -0.05) is 6.07 Å². The zero-order chi connectivity index (χ0) is 17.5. The van der Waals surface area contributed by atoms with Gasteiger partial charge in [0.1, 0.15) is 0 Å². The predicted octanol–water partition coefficient (Wildman–Crippen LogP) is 2.71. The molecule has 3 heterocycles. The van der Waals surface area contributed by atoms with Crippen LogP contribution in [0.2, 0.25) is 0 Å². The Labute approximate surface area is 151 Å². The number of rotatable bonds is 6. The molecule has 2 fully saturated rings. The van der Waals surface area contributed by atoms with Crippen molar-refractivity contribution in [2.75, 3.05) is 32.8 Å². The van der Waals surface area contributed by atoms with Gasteiger partial charge in [-0.05, 0) is 63.7 Å². The largest absolute Gasteiger partial charge is 0.378 e. The normalized spacial score (nSPS) is 20.8. The van der Waals surface area contributed by atoms with Crippen molar-refractivity contribution < 1.29 is 9.53 Å². The summed E-state index contributed by atoms with van der Waals surface area (Å²) in [5.74, 6) is 0.884. The first-order valence-electron chi connectivity index (χ1n) is 9.76. The SMILES string of the molecule is CCOC1CCN(C(=O)CC2CCN(Cc3ccccn3)CC2)CC1. The highest BCUT2D eigenvalue weighted by Crippen LogP contribution is 2.23. The zero-order valence-electron chi connectivity index (χ0n) is 15.4. The smallest absolute Gasteiger partial charge is 0.222 e. The van der Waals surface area contributed by atoms with E-state index < -0.39 is 0 Å². The van der Waals surface area contributed by atoms with Gasteiger partial charge in [0.25, 0.3) is 0 Å². The lowest BCUT2D eigenvalue weighted by Gasteiger charge is -2.35. The van der Waals surface area contributed by atoms with Crippen LogP contribution in [0.1, 0.15) is 44.7 Å². The van der Waals surface area contributed by atoms with E-state index in [-0.39, 0.29) is 0 Å². The van der Waals surface area contributed by atoms with Gasteiger partial charge in [0.15, 0.2) is 0 Å². The standard InChI is InChI=1S/C20H31N3O2/c1-2-25-19-8-13-23(14-9-19)20(24)15-17-6-11-22(12-7-17)16-18-5-3-4-10-21-18/h3-5,10,17,19H,2,6-9,11-16H2,1H3. The summed E-state index contributed by atoms with van der Waals surface area (Å²) < 4.78 is 5.67. The molecular formula is C20H31N3O2. The number of piperidine rings is 2. The second kappa shape index (κ2) is 9.30. The first kappa shape index (κ1) is 18.3. The maximum atomic E-state index is 12.6. The van der Waals surface area contributed by atoms with Crippen LogP contribution in [0.3, 0.4) is 0 Å². The van der Waals surface area contributed by atoms with Gasteiger partial charge < -0.3 is 9.64 Å². The maximum Gasteiger partial charge on any atom is 0.222 e. The average molecular weight is 345 g/mol. The van der Waals surface area contributed by atoms with Crippen LogP contribution in [0.4, 0.5) is 0 Å². The first-order chi connectivity index (χ1) is 12.2. The Morgan fingerprint density at radius 1 is 1.16 bits per heavy atom. The van der Waals surface area contributed by atoms with Crippen molar-refractivity contribution in [2.45, 2.75) is 51.7 Å². The molecule has 1 aromatic heterocycles. The summed E-state index contributed by atoms with van der Waals surface area (Å²) >= 11 is 0. The van der Waals surface area contributed by atoms with E-state index in [1.165, 1.54) is 0 Å². The van der Waals surface area contributed by atoms with Crippen molar-refractivity contribution in [3.05, 3.63) is 30.1 Å². The van der Waals surface area contributed by atoms with Gasteiger partial charge in [-0.2, -0.15) is 0 Å². The van der Waals surface area contributed by atoms with E-state index in [0.29, 0.717) is 17.9 Å². The number of nitrogens with zero attached hydrogens (tertiary/aromatic N) is 3. The van der Waals surface area contributed by atoms with Crippen LogP contribution in [0.5, 0.6) is 0 Å². The molecule has 5 nitrogen and oxygen atoms in total. The highest BCUT2D eigenvalue weighted by Gasteiger charge is 2.27. The van der Waals surface area contributed by atoms with Crippen LogP contribution in [0.25, 0.3) is 0 Å². The number of hydrogen-bond donors (Lipinski definition) is 0. The second-order valence-electron chi connectivity index (χ2n) is 7.28. The van der Waals surface area contributed by atoms with E-state index in [9.17, 15) is 4.79 Å². The molecule has 2 saturated heterocycles. The maximum absolute atomic E-state index is 12.6. The number of likely N-dealkylation sites (tertiary alicyclic amines) is 2. The van der Waals surface area contributed by atoms with Gasteiger partial charge in [0.05, 0.1) is 11.8 Å². The van der Waals surface area contributed by atoms with Crippen molar-refractivity contribution in [3.8, 4) is 0 Å². The lowest BCUT2D eigenvalue weighted by atomic mass is 9.92. The molecule has 2 aliphatic rings. The molecule has 0 bridgehead atoms. The lowest BCUT2D eigenvalue weighted by Crippen LogP contribution is -2.42. The van der Waals surface area contributed by atoms with Crippen LogP contribution < -0.4 is 0 Å². The summed E-state index contributed by atoms with van der Waals surface area (Å²) in [4.78, 5) is 21.5. The third-order valence-electron chi connectivity index (χ3n) is 5.48. The van der Waals surface area contributed by atoms with Crippen LogP contribution >= 0.6 is 0 Å². The van der Waals surface area contributed by atoms with Crippen LogP contribution in [-0.2, 0) is 16.1 Å². The molecule has 0 saturated carbocycles. The third-order valence-corrected chi connectivity index (χ3v) is 5.48. The summed E-state index contributed by atoms with van der Waals surface area (Å²) in [5.41, 5.74) is 1.13. The Kier molecular flexibility index (Phi) is 6.82. The highest BCUT2D eigenvalue weighted by atomic mass is 16.5. The summed E-state index contributed by atoms with van der Waals surface area (Å²) in [7, 11) is 0. The van der Waals surface area contributed by atoms with Crippen molar-refractivity contribution in [2.24, 2.45) is 5.92 Å². The molecule has 2 aliphatic heterocycles. The molecule has 0 unspecified atom stereocenters. The van der Waals surface area contributed by atoms with Gasteiger partial charge in [0.2, 0.25) is 5.91 Å². The Hall–Kier alpha value is -1.46. The van der Waals surface area contributed by atoms with Crippen molar-refractivity contribution in [1.29, 1.82) is 0 Å². The van der Waals surface area contributed by atoms with E-state index in [4.69, 9.17) is 4.74 Å². The van der Waals surface area contributed by atoms with Crippen molar-refractivity contribution in [1.82, 2.24) is 14.8 Å². The molecule has 3 rings (SSSR count). The minimum atomic E-state index is 0.345. The average Bonchev–Trinajstić information content (AvgIpc) is 2.65.